The van der Waals surface area contributed by atoms with Gasteiger partial charge in [-0.2, -0.15) is 9.78 Å². The first-order chi connectivity index (χ1) is 32.3. The predicted molar refractivity (Wildman–Crippen MR) is 227 cm³/mol. The normalized spacial score (nSPS) is 20.4. The number of aliphatic hydroxyl groups is 3. The molecule has 3 aromatic carbocycles. The van der Waals surface area contributed by atoms with E-state index >= 15 is 0 Å². The van der Waals surface area contributed by atoms with Crippen molar-refractivity contribution in [1.82, 2.24) is 20.0 Å². The number of fused-ring (bicyclic) bond motifs is 2. The highest BCUT2D eigenvalue weighted by molar-refractivity contribution is 6.26. The molecule has 4 aromatic rings. The van der Waals surface area contributed by atoms with Crippen LogP contribution in [0.4, 0.5) is 10.5 Å². The van der Waals surface area contributed by atoms with E-state index in [4.69, 9.17) is 28.4 Å². The quantitative estimate of drug-likeness (QED) is 0.0435. The largest absolute Gasteiger partial charge is 0.479 e. The molecule has 2 aliphatic heterocycles. The fourth-order valence-corrected chi connectivity index (χ4v) is 7.71. The molecule has 0 bridgehead atoms. The summed E-state index contributed by atoms with van der Waals surface area (Å²) in [7, 11) is 0. The Labute approximate surface area is 379 Å². The number of carboxylic acids is 1. The second-order valence-electron chi connectivity index (χ2n) is 15.7. The van der Waals surface area contributed by atoms with Gasteiger partial charge in [-0.1, -0.05) is 42.5 Å². The zero-order chi connectivity index (χ0) is 47.4. The molecule has 8 rings (SSSR count). The van der Waals surface area contributed by atoms with Crippen LogP contribution in [0.25, 0.3) is 22.2 Å². The Hall–Kier alpha value is -6.92. The molecule has 4 aliphatic rings. The number of rotatable bonds is 21. The van der Waals surface area contributed by atoms with Gasteiger partial charge in [0.25, 0.3) is 11.8 Å². The van der Waals surface area contributed by atoms with Crippen molar-refractivity contribution in [2.75, 3.05) is 58.0 Å². The second kappa shape index (κ2) is 20.3. The van der Waals surface area contributed by atoms with Crippen molar-refractivity contribution in [2.24, 2.45) is 0 Å². The van der Waals surface area contributed by atoms with Crippen LogP contribution < -0.4 is 15.4 Å². The number of likely N-dealkylation sites (tertiary alicyclic amines) is 1. The Balaban J connectivity index is 0.819. The van der Waals surface area contributed by atoms with Crippen LogP contribution in [0.5, 0.6) is 5.75 Å². The molecule has 1 aromatic heterocycles. The van der Waals surface area contributed by atoms with E-state index in [0.29, 0.717) is 56.4 Å². The maximum Gasteiger partial charge on any atom is 0.435 e. The van der Waals surface area contributed by atoms with Gasteiger partial charge in [-0.3, -0.25) is 28.9 Å². The number of hydrogen-bond acceptors (Lipinski definition) is 17. The third-order valence-corrected chi connectivity index (χ3v) is 11.2. The van der Waals surface area contributed by atoms with E-state index in [1.807, 2.05) is 0 Å². The van der Waals surface area contributed by atoms with Crippen LogP contribution in [0.1, 0.15) is 40.7 Å². The molecule has 0 unspecified atom stereocenters. The smallest absolute Gasteiger partial charge is 0.435 e. The number of piperidine rings is 1. The zero-order valence-corrected chi connectivity index (χ0v) is 35.6. The number of hydrogen-bond donors (Lipinski definition) is 6. The minimum atomic E-state index is -1.98. The minimum absolute atomic E-state index is 0.0144. The molecule has 3 heterocycles. The SMILES string of the molecule is O=C(CCOCCOCCOCCN1C(=O)C2=C(C2)C1=O)NCCC(=O)Nc1cc(COC(=O)n2nc3c4c(cccc42)C(=O)c2ccccc2-3)ccc1O[C@@H]1O[C@H](C(=O)O)[C@@H](O)[C@H](O)[C@H]1O. The maximum atomic E-state index is 13.5. The lowest BCUT2D eigenvalue weighted by Gasteiger charge is -2.38. The van der Waals surface area contributed by atoms with Crippen LogP contribution in [0, 0.1) is 0 Å². The minimum Gasteiger partial charge on any atom is -0.479 e. The molecule has 5 atom stereocenters. The maximum absolute atomic E-state index is 13.5. The molecule has 1 saturated heterocycles. The first-order valence-corrected chi connectivity index (χ1v) is 21.3. The summed E-state index contributed by atoms with van der Waals surface area (Å²) in [6, 6.07) is 16.0. The Kier molecular flexibility index (Phi) is 14.1. The number of benzene rings is 3. The van der Waals surface area contributed by atoms with E-state index in [1.54, 1.807) is 42.5 Å². The Morgan fingerprint density at radius 1 is 0.761 bits per heavy atom. The monoisotopic (exact) mass is 927 g/mol. The number of nitrogens with one attached hydrogen (secondary N) is 2. The third-order valence-electron chi connectivity index (χ3n) is 11.2. The number of carboxylic acid groups (broad SMARTS) is 1. The van der Waals surface area contributed by atoms with Gasteiger partial charge in [0.05, 0.1) is 57.4 Å². The van der Waals surface area contributed by atoms with E-state index in [-0.39, 0.29) is 101 Å². The number of ketones is 1. The lowest BCUT2D eigenvalue weighted by atomic mass is 9.87. The number of aromatic nitrogens is 2. The standard InChI is InChI=1S/C45H45N5O17/c51-32(11-14-62-16-18-64-19-17-63-15-13-49-41(57)27-21-28(27)42(49)58)46-12-10-33(52)47-29-20-23(8-9-31(29)66-44-39(56)37(54)38(55)40(67-44)43(59)60)22-65-45(61)50-30-7-3-6-26-34(30)35(48-50)24-4-1-2-5-25(24)36(26)53/h1-9,20,37-40,44,54-56H,10-19,21-22H2,(H,46,51)(H,47,52)(H,59,60)/t37-,38-,39+,40-,44+/m0/s1. The number of nitrogens with zero attached hydrogens (tertiary/aromatic N) is 3. The summed E-state index contributed by atoms with van der Waals surface area (Å²) in [4.78, 5) is 89.2. The molecule has 0 spiro atoms. The van der Waals surface area contributed by atoms with Gasteiger partial charge >= 0.3 is 12.1 Å². The number of carbonyl (C=O) groups excluding carboxylic acids is 6. The van der Waals surface area contributed by atoms with E-state index in [1.165, 1.54) is 23.1 Å². The number of ether oxygens (including phenoxy) is 6. The summed E-state index contributed by atoms with van der Waals surface area (Å²) < 4.78 is 34.0. The van der Waals surface area contributed by atoms with Crippen LogP contribution in [-0.4, -0.2) is 160 Å². The van der Waals surface area contributed by atoms with Crippen molar-refractivity contribution in [3.8, 4) is 17.0 Å². The Morgan fingerprint density at radius 2 is 1.45 bits per heavy atom. The Morgan fingerprint density at radius 3 is 2.18 bits per heavy atom. The Bertz CT molecular complexity index is 2640. The summed E-state index contributed by atoms with van der Waals surface area (Å²) in [5, 5.41) is 50.8. The average Bonchev–Trinajstić information content (AvgIpc) is 3.97. The van der Waals surface area contributed by atoms with E-state index in [0.717, 1.165) is 4.68 Å². The van der Waals surface area contributed by atoms with Gasteiger partial charge in [-0.25, -0.2) is 9.59 Å². The average molecular weight is 928 g/mol. The van der Waals surface area contributed by atoms with Gasteiger partial charge in [0.1, 0.15) is 36.4 Å². The third kappa shape index (κ3) is 10.1. The van der Waals surface area contributed by atoms with Crippen LogP contribution in [-0.2, 0) is 54.3 Å². The van der Waals surface area contributed by atoms with Gasteiger partial charge < -0.3 is 59.5 Å². The van der Waals surface area contributed by atoms with Crippen molar-refractivity contribution in [3.63, 3.8) is 0 Å². The highest BCUT2D eigenvalue weighted by Gasteiger charge is 2.49. The van der Waals surface area contributed by atoms with Crippen molar-refractivity contribution in [1.29, 1.82) is 0 Å². The number of anilines is 1. The molecule has 1 fully saturated rings. The van der Waals surface area contributed by atoms with Gasteiger partial charge in [0.15, 0.2) is 11.9 Å². The second-order valence-corrected chi connectivity index (χ2v) is 15.7. The van der Waals surface area contributed by atoms with Crippen molar-refractivity contribution >= 4 is 58.1 Å². The van der Waals surface area contributed by atoms with Gasteiger partial charge in [0.2, 0.25) is 18.1 Å². The van der Waals surface area contributed by atoms with Crippen LogP contribution >= 0.6 is 0 Å². The van der Waals surface area contributed by atoms with Gasteiger partial charge in [-0.05, 0) is 23.8 Å². The molecule has 22 nitrogen and oxygen atoms in total. The summed E-state index contributed by atoms with van der Waals surface area (Å²) in [5.74, 6) is -3.52. The number of aliphatic carboxylic acids is 1. The van der Waals surface area contributed by atoms with E-state index in [9.17, 15) is 54.0 Å². The molecule has 352 valence electrons. The predicted octanol–water partition coefficient (Wildman–Crippen LogP) is 0.657. The molecular weight excluding hydrogens is 883 g/mol. The highest BCUT2D eigenvalue weighted by Crippen LogP contribution is 2.40. The van der Waals surface area contributed by atoms with Gasteiger partial charge in [0, 0.05) is 59.0 Å². The van der Waals surface area contributed by atoms with Crippen molar-refractivity contribution < 1.29 is 82.4 Å². The van der Waals surface area contributed by atoms with Crippen LogP contribution in [0.15, 0.2) is 71.8 Å². The number of aliphatic hydroxyl groups excluding tert-OH is 3. The van der Waals surface area contributed by atoms with E-state index < -0.39 is 54.6 Å². The summed E-state index contributed by atoms with van der Waals surface area (Å²) in [5.41, 5.74) is 3.62. The first-order valence-electron chi connectivity index (χ1n) is 21.3. The topological polar surface area (TPSA) is 301 Å². The lowest BCUT2D eigenvalue weighted by molar-refractivity contribution is -0.271. The first kappa shape index (κ1) is 46.6. The molecule has 22 heteroatoms. The molecule has 67 heavy (non-hydrogen) atoms. The van der Waals surface area contributed by atoms with Crippen LogP contribution in [0.3, 0.4) is 0 Å². The summed E-state index contributed by atoms with van der Waals surface area (Å²) in [6.45, 7) is 0.935. The molecule has 4 amide bonds. The van der Waals surface area contributed by atoms with Crippen molar-refractivity contribution in [2.45, 2.75) is 56.6 Å². The highest BCUT2D eigenvalue weighted by atomic mass is 16.7. The molecule has 2 aliphatic carbocycles. The molecule has 0 radical (unpaired) electrons. The number of amides is 4. The fourth-order valence-electron chi connectivity index (χ4n) is 7.71. The van der Waals surface area contributed by atoms with Crippen LogP contribution in [0.2, 0.25) is 0 Å². The zero-order valence-electron chi connectivity index (χ0n) is 35.6. The fraction of sp³-hybridized carbons (Fsp3) is 0.378. The molecule has 0 saturated carbocycles. The summed E-state index contributed by atoms with van der Waals surface area (Å²) in [6.07, 6.45) is -10.3. The number of imide groups is 1. The van der Waals surface area contributed by atoms with Gasteiger partial charge in [-0.15, -0.1) is 0 Å². The molecular formula is C45H45N5O17. The lowest BCUT2D eigenvalue weighted by Crippen LogP contribution is -2.61. The molecule has 6 N–H and O–H groups in total. The van der Waals surface area contributed by atoms with E-state index in [2.05, 4.69) is 15.7 Å². The number of carbonyl (C=O) groups is 7. The van der Waals surface area contributed by atoms with Crippen molar-refractivity contribution in [3.05, 3.63) is 88.5 Å². The summed E-state index contributed by atoms with van der Waals surface area (Å²) >= 11 is 0.